The summed E-state index contributed by atoms with van der Waals surface area (Å²) in [6.07, 6.45) is -5.56. The maximum atomic E-state index is 12.2. The fourth-order valence-electron chi connectivity index (χ4n) is 4.76. The van der Waals surface area contributed by atoms with Gasteiger partial charge in [-0.2, -0.15) is 0 Å². The molecule has 0 radical (unpaired) electrons. The molecule has 1 saturated heterocycles. The van der Waals surface area contributed by atoms with E-state index in [-0.39, 0.29) is 11.3 Å². The second kappa shape index (κ2) is 14.6. The van der Waals surface area contributed by atoms with E-state index in [0.29, 0.717) is 17.5 Å². The number of aryl methyl sites for hydroxylation is 2. The summed E-state index contributed by atoms with van der Waals surface area (Å²) in [5.74, 6) is -3.44. The normalized spacial score (nSPS) is 21.3. The molecule has 1 fully saturated rings. The largest absolute Gasteiger partial charge is 0.463 e. The van der Waals surface area contributed by atoms with Gasteiger partial charge in [0.1, 0.15) is 18.5 Å². The van der Waals surface area contributed by atoms with Gasteiger partial charge >= 0.3 is 23.9 Å². The summed E-state index contributed by atoms with van der Waals surface area (Å²) in [7, 11) is 0. The minimum Gasteiger partial charge on any atom is -0.463 e. The van der Waals surface area contributed by atoms with Gasteiger partial charge in [-0.05, 0) is 42.2 Å². The van der Waals surface area contributed by atoms with Gasteiger partial charge in [0.2, 0.25) is 18.3 Å². The summed E-state index contributed by atoms with van der Waals surface area (Å²) in [6.45, 7) is 8.02. The average molecular weight is 600 g/mol. The topological polar surface area (TPSA) is 167 Å². The Hall–Kier alpha value is -4.45. The summed E-state index contributed by atoms with van der Waals surface area (Å²) in [5, 5.41) is 0. The number of amides is 1. The number of rotatable bonds is 11. The predicted octanol–water partition coefficient (Wildman–Crippen LogP) is 2.71. The molecule has 2 N–H and O–H groups in total. The Morgan fingerprint density at radius 3 is 1.88 bits per heavy atom. The number of esters is 4. The molecule has 0 aromatic heterocycles. The van der Waals surface area contributed by atoms with Crippen LogP contribution in [-0.2, 0) is 55.7 Å². The molecular weight excluding hydrogens is 562 g/mol. The van der Waals surface area contributed by atoms with Gasteiger partial charge in [0, 0.05) is 45.2 Å². The molecule has 0 aliphatic carbocycles. The van der Waals surface area contributed by atoms with Gasteiger partial charge in [-0.3, -0.25) is 24.0 Å². The number of hydrogen-bond donors (Lipinski definition) is 1. The highest BCUT2D eigenvalue weighted by Crippen LogP contribution is 2.34. The van der Waals surface area contributed by atoms with E-state index in [1.54, 1.807) is 13.0 Å². The quantitative estimate of drug-likeness (QED) is 0.298. The van der Waals surface area contributed by atoms with Crippen molar-refractivity contribution in [1.29, 1.82) is 0 Å². The van der Waals surface area contributed by atoms with Crippen LogP contribution in [0.15, 0.2) is 36.4 Å². The van der Waals surface area contributed by atoms with Gasteiger partial charge in [0.25, 0.3) is 0 Å². The van der Waals surface area contributed by atoms with Crippen molar-refractivity contribution in [2.75, 3.05) is 6.61 Å². The lowest BCUT2D eigenvalue weighted by molar-refractivity contribution is -0.288. The molecule has 0 bridgehead atoms. The van der Waals surface area contributed by atoms with Crippen LogP contribution in [0.25, 0.3) is 0 Å². The first-order valence-electron chi connectivity index (χ1n) is 13.8. The second-order valence-corrected chi connectivity index (χ2v) is 10.2. The van der Waals surface area contributed by atoms with Crippen molar-refractivity contribution in [2.45, 2.75) is 85.1 Å². The van der Waals surface area contributed by atoms with Crippen molar-refractivity contribution in [2.24, 2.45) is 5.73 Å². The molecule has 3 rings (SSSR count). The Bertz CT molecular complexity index is 1350. The summed E-state index contributed by atoms with van der Waals surface area (Å²) < 4.78 is 33.9. The van der Waals surface area contributed by atoms with Crippen LogP contribution in [0.5, 0.6) is 5.75 Å². The van der Waals surface area contributed by atoms with Gasteiger partial charge in [-0.15, -0.1) is 0 Å². The molecule has 5 atom stereocenters. The zero-order valence-electron chi connectivity index (χ0n) is 25.0. The van der Waals surface area contributed by atoms with E-state index in [1.165, 1.54) is 18.6 Å². The number of hydrogen-bond acceptors (Lipinski definition) is 11. The van der Waals surface area contributed by atoms with E-state index >= 15 is 0 Å². The van der Waals surface area contributed by atoms with Gasteiger partial charge in [-0.25, -0.2) is 0 Å². The third-order valence-corrected chi connectivity index (χ3v) is 6.72. The molecule has 12 nitrogen and oxygen atoms in total. The molecule has 1 aliphatic heterocycles. The lowest BCUT2D eigenvalue weighted by Crippen LogP contribution is -2.63. The zero-order valence-corrected chi connectivity index (χ0v) is 25.0. The van der Waals surface area contributed by atoms with Gasteiger partial charge in [0.05, 0.1) is 0 Å². The van der Waals surface area contributed by atoms with Gasteiger partial charge in [-0.1, -0.05) is 31.2 Å². The molecule has 0 spiro atoms. The first-order valence-corrected chi connectivity index (χ1v) is 13.8. The number of carbonyl (C=O) groups is 5. The lowest BCUT2D eigenvalue weighted by Gasteiger charge is -2.44. The van der Waals surface area contributed by atoms with E-state index < -0.39 is 67.1 Å². The first kappa shape index (κ1) is 33.1. The number of nitrogens with two attached hydrogens (primary N) is 1. The molecule has 232 valence electrons. The maximum Gasteiger partial charge on any atom is 0.303 e. The Morgan fingerprint density at radius 1 is 0.791 bits per heavy atom. The summed E-state index contributed by atoms with van der Waals surface area (Å²) in [6, 6.07) is 11.1. The van der Waals surface area contributed by atoms with E-state index in [1.807, 2.05) is 24.3 Å². The molecule has 1 heterocycles. The highest BCUT2D eigenvalue weighted by Gasteiger charge is 2.53. The highest BCUT2D eigenvalue weighted by atomic mass is 16.7. The maximum absolute atomic E-state index is 12.2. The van der Waals surface area contributed by atoms with Crippen LogP contribution in [0, 0.1) is 6.92 Å². The molecular formula is C31H37NO11. The van der Waals surface area contributed by atoms with Crippen LogP contribution in [0.1, 0.15) is 67.2 Å². The molecule has 2 aromatic carbocycles. The zero-order chi connectivity index (χ0) is 31.8. The van der Waals surface area contributed by atoms with Crippen LogP contribution in [0.2, 0.25) is 0 Å². The first-order chi connectivity index (χ1) is 20.3. The SMILES string of the molecule is CCc1ccc(Cc2c(C)cc(C(N)=O)cc2OC2O[C@H](COC(C)=O)[C@@H](OC(C)=O)[C@H](OC(C)=O)[C@H]2OC(C)=O)cc1. The minimum absolute atomic E-state index is 0.156. The van der Waals surface area contributed by atoms with Crippen LogP contribution in [0.4, 0.5) is 0 Å². The van der Waals surface area contributed by atoms with E-state index in [0.717, 1.165) is 32.8 Å². The number of carbonyl (C=O) groups excluding carboxylic acids is 5. The van der Waals surface area contributed by atoms with Crippen LogP contribution in [0.3, 0.4) is 0 Å². The standard InChI is InChI=1S/C31H37NO11/c1-7-21-8-10-22(11-9-21)13-24-16(2)12-23(30(32)37)14-25(24)42-31-29(41-20(6)36)28(40-19(5)35)27(39-18(4)34)26(43-31)15-38-17(3)33/h8-12,14,26-29,31H,7,13,15H2,1-6H3,(H2,32,37)/t26-,27-,28+,29-,31?/m1/s1. The molecule has 43 heavy (non-hydrogen) atoms. The third-order valence-electron chi connectivity index (χ3n) is 6.72. The second-order valence-electron chi connectivity index (χ2n) is 10.2. The number of benzene rings is 2. The van der Waals surface area contributed by atoms with Gasteiger partial charge in [0.15, 0.2) is 12.2 Å². The van der Waals surface area contributed by atoms with E-state index in [9.17, 15) is 24.0 Å². The van der Waals surface area contributed by atoms with Crippen molar-refractivity contribution in [1.82, 2.24) is 0 Å². The fraction of sp³-hybridized carbons (Fsp3) is 0.452. The Kier molecular flexibility index (Phi) is 11.2. The Labute approximate surface area is 249 Å². The van der Waals surface area contributed by atoms with Crippen molar-refractivity contribution < 1.29 is 52.4 Å². The third kappa shape index (κ3) is 9.02. The van der Waals surface area contributed by atoms with E-state index in [2.05, 4.69) is 6.92 Å². The lowest BCUT2D eigenvalue weighted by atomic mass is 9.95. The Balaban J connectivity index is 2.12. The molecule has 1 aliphatic rings. The minimum atomic E-state index is -1.47. The molecule has 1 unspecified atom stereocenters. The highest BCUT2D eigenvalue weighted by molar-refractivity contribution is 5.93. The molecule has 0 saturated carbocycles. The fourth-order valence-corrected chi connectivity index (χ4v) is 4.76. The van der Waals surface area contributed by atoms with Gasteiger partial charge < -0.3 is 34.2 Å². The van der Waals surface area contributed by atoms with Crippen LogP contribution < -0.4 is 10.5 Å². The summed E-state index contributed by atoms with van der Waals surface area (Å²) >= 11 is 0. The molecule has 1 amide bonds. The number of primary amides is 1. The van der Waals surface area contributed by atoms with Crippen molar-refractivity contribution >= 4 is 29.8 Å². The smallest absolute Gasteiger partial charge is 0.303 e. The number of ether oxygens (including phenoxy) is 6. The van der Waals surface area contributed by atoms with Crippen molar-refractivity contribution in [3.8, 4) is 5.75 Å². The van der Waals surface area contributed by atoms with E-state index in [4.69, 9.17) is 34.2 Å². The van der Waals surface area contributed by atoms with Crippen molar-refractivity contribution in [3.63, 3.8) is 0 Å². The molecule has 12 heteroatoms. The summed E-state index contributed by atoms with van der Waals surface area (Å²) in [5.41, 5.74) is 9.25. The Morgan fingerprint density at radius 2 is 1.35 bits per heavy atom. The van der Waals surface area contributed by atoms with Crippen molar-refractivity contribution in [3.05, 3.63) is 64.2 Å². The monoisotopic (exact) mass is 599 g/mol. The predicted molar refractivity (Wildman–Crippen MR) is 151 cm³/mol. The summed E-state index contributed by atoms with van der Waals surface area (Å²) in [4.78, 5) is 60.2. The van der Waals surface area contributed by atoms with Crippen LogP contribution >= 0.6 is 0 Å². The average Bonchev–Trinajstić information content (AvgIpc) is 2.92. The van der Waals surface area contributed by atoms with Crippen LogP contribution in [-0.4, -0.2) is 67.1 Å². The molecule has 2 aromatic rings.